The lowest BCUT2D eigenvalue weighted by Gasteiger charge is -2.28. The van der Waals surface area contributed by atoms with Gasteiger partial charge in [0, 0.05) is 16.3 Å². The van der Waals surface area contributed by atoms with Gasteiger partial charge in [-0.15, -0.1) is 0 Å². The largest absolute Gasteiger partial charge is 0.440 e. The molecule has 0 saturated carbocycles. The fourth-order valence-corrected chi connectivity index (χ4v) is 3.87. The van der Waals surface area contributed by atoms with Crippen LogP contribution in [0.5, 0.6) is 0 Å². The van der Waals surface area contributed by atoms with Gasteiger partial charge in [0.15, 0.2) is 6.17 Å². The summed E-state index contributed by atoms with van der Waals surface area (Å²) in [6.07, 6.45) is -0.897. The highest BCUT2D eigenvalue weighted by Crippen LogP contribution is 2.41. The molecule has 0 aliphatic carbocycles. The van der Waals surface area contributed by atoms with E-state index in [1.54, 1.807) is 22.1 Å². The minimum atomic E-state index is -0.461. The summed E-state index contributed by atoms with van der Waals surface area (Å²) < 4.78 is 0. The third-order valence-electron chi connectivity index (χ3n) is 5.06. The molecule has 1 amide bonds. The van der Waals surface area contributed by atoms with E-state index in [0.29, 0.717) is 5.02 Å². The zero-order valence-corrected chi connectivity index (χ0v) is 16.2. The van der Waals surface area contributed by atoms with Crippen molar-refractivity contribution in [3.63, 3.8) is 0 Å². The van der Waals surface area contributed by atoms with E-state index in [0.717, 1.165) is 27.7 Å². The van der Waals surface area contributed by atoms with Gasteiger partial charge < -0.3 is 4.84 Å². The van der Waals surface area contributed by atoms with Crippen molar-refractivity contribution in [1.29, 1.82) is 0 Å². The topological polar surface area (TPSA) is 32.8 Å². The third kappa shape index (κ3) is 3.08. The van der Waals surface area contributed by atoms with Crippen LogP contribution in [0.15, 0.2) is 97.1 Å². The summed E-state index contributed by atoms with van der Waals surface area (Å²) in [5, 5.41) is 4.45. The van der Waals surface area contributed by atoms with Crippen LogP contribution < -0.4 is 9.96 Å². The lowest BCUT2D eigenvalue weighted by atomic mass is 10.0. The minimum absolute atomic E-state index is 0.436. The average molecular weight is 401 g/mol. The lowest BCUT2D eigenvalue weighted by molar-refractivity contribution is 0.164. The first-order valence-corrected chi connectivity index (χ1v) is 9.69. The number of amides is 1. The molecule has 4 nitrogen and oxygen atoms in total. The van der Waals surface area contributed by atoms with E-state index >= 15 is 0 Å². The summed E-state index contributed by atoms with van der Waals surface area (Å²) in [6, 6.07) is 31.1. The van der Waals surface area contributed by atoms with Crippen molar-refractivity contribution in [2.24, 2.45) is 0 Å². The molecule has 1 heterocycles. The Balaban J connectivity index is 1.72. The van der Waals surface area contributed by atoms with E-state index in [1.807, 2.05) is 66.7 Å². The number of carbonyl (C=O) groups is 1. The van der Waals surface area contributed by atoms with E-state index in [9.17, 15) is 4.79 Å². The van der Waals surface area contributed by atoms with Crippen molar-refractivity contribution in [3.05, 3.63) is 108 Å². The van der Waals surface area contributed by atoms with Crippen LogP contribution in [0.25, 0.3) is 10.8 Å². The molecular formula is C24H17ClN2O2. The Morgan fingerprint density at radius 1 is 0.724 bits per heavy atom. The maximum Gasteiger partial charge on any atom is 0.440 e. The van der Waals surface area contributed by atoms with Gasteiger partial charge in [-0.3, -0.25) is 0 Å². The zero-order chi connectivity index (χ0) is 19.8. The van der Waals surface area contributed by atoms with Crippen molar-refractivity contribution in [2.75, 3.05) is 9.96 Å². The Morgan fingerprint density at radius 3 is 2.21 bits per heavy atom. The van der Waals surface area contributed by atoms with Crippen molar-refractivity contribution >= 4 is 39.8 Å². The number of hydroxylamine groups is 1. The molecule has 1 aliphatic heterocycles. The number of carbonyl (C=O) groups excluding carboxylic acids is 1. The molecule has 29 heavy (non-hydrogen) atoms. The first-order chi connectivity index (χ1) is 14.2. The maximum absolute atomic E-state index is 13.0. The van der Waals surface area contributed by atoms with Gasteiger partial charge in [-0.1, -0.05) is 72.3 Å². The molecule has 4 aromatic carbocycles. The van der Waals surface area contributed by atoms with Crippen LogP contribution >= 0.6 is 11.6 Å². The van der Waals surface area contributed by atoms with Crippen LogP contribution in [0.2, 0.25) is 5.02 Å². The number of benzene rings is 4. The monoisotopic (exact) mass is 400 g/mol. The van der Waals surface area contributed by atoms with Gasteiger partial charge in [0.2, 0.25) is 0 Å². The van der Waals surface area contributed by atoms with Crippen molar-refractivity contribution < 1.29 is 9.63 Å². The third-order valence-corrected chi connectivity index (χ3v) is 5.31. The Bertz CT molecular complexity index is 1170. The maximum atomic E-state index is 13.0. The summed E-state index contributed by atoms with van der Waals surface area (Å²) in [7, 11) is 0. The van der Waals surface area contributed by atoms with Crippen LogP contribution in [-0.2, 0) is 4.84 Å². The molecule has 0 bridgehead atoms. The highest BCUT2D eigenvalue weighted by molar-refractivity contribution is 6.30. The van der Waals surface area contributed by atoms with E-state index < -0.39 is 12.3 Å². The Labute approximate surface area is 173 Å². The van der Waals surface area contributed by atoms with Crippen LogP contribution in [-0.4, -0.2) is 6.09 Å². The SMILES string of the molecule is O=C1ON(c2ccccc2)C(c2cccc3ccccc23)N1c1ccc(Cl)cc1. The number of rotatable bonds is 3. The van der Waals surface area contributed by atoms with E-state index in [-0.39, 0.29) is 0 Å². The second-order valence-electron chi connectivity index (χ2n) is 6.81. The van der Waals surface area contributed by atoms with Gasteiger partial charge >= 0.3 is 6.09 Å². The number of anilines is 2. The fourth-order valence-electron chi connectivity index (χ4n) is 3.74. The van der Waals surface area contributed by atoms with Gasteiger partial charge in [0.1, 0.15) is 0 Å². The molecular weight excluding hydrogens is 384 g/mol. The first-order valence-electron chi connectivity index (χ1n) is 9.31. The lowest BCUT2D eigenvalue weighted by Crippen LogP contribution is -2.31. The van der Waals surface area contributed by atoms with Gasteiger partial charge in [-0.05, 0) is 47.2 Å². The minimum Gasteiger partial charge on any atom is -0.319 e. The molecule has 5 heteroatoms. The Hall–Kier alpha value is -3.50. The van der Waals surface area contributed by atoms with Gasteiger partial charge in [0.05, 0.1) is 5.69 Å². The highest BCUT2D eigenvalue weighted by atomic mass is 35.5. The number of para-hydroxylation sites is 1. The second kappa shape index (κ2) is 7.15. The summed E-state index contributed by atoms with van der Waals surface area (Å²) in [5.74, 6) is 0. The summed E-state index contributed by atoms with van der Waals surface area (Å²) in [4.78, 5) is 20.4. The number of hydrogen-bond donors (Lipinski definition) is 0. The predicted octanol–water partition coefficient (Wildman–Crippen LogP) is 6.57. The normalized spacial score (nSPS) is 16.3. The van der Waals surface area contributed by atoms with Crippen LogP contribution in [0.3, 0.4) is 0 Å². The molecule has 1 saturated heterocycles. The van der Waals surface area contributed by atoms with Crippen molar-refractivity contribution in [3.8, 4) is 0 Å². The molecule has 0 radical (unpaired) electrons. The molecule has 1 fully saturated rings. The van der Waals surface area contributed by atoms with Crippen molar-refractivity contribution in [1.82, 2.24) is 0 Å². The molecule has 0 aromatic heterocycles. The second-order valence-corrected chi connectivity index (χ2v) is 7.24. The van der Waals surface area contributed by atoms with Gasteiger partial charge in [-0.2, -0.15) is 5.06 Å². The van der Waals surface area contributed by atoms with Crippen LogP contribution in [0, 0.1) is 0 Å². The van der Waals surface area contributed by atoms with Crippen LogP contribution in [0.4, 0.5) is 16.2 Å². The number of fused-ring (bicyclic) bond motifs is 1. The van der Waals surface area contributed by atoms with Gasteiger partial charge in [0.25, 0.3) is 0 Å². The molecule has 1 unspecified atom stereocenters. The van der Waals surface area contributed by atoms with Gasteiger partial charge in [-0.25, -0.2) is 9.69 Å². The smallest absolute Gasteiger partial charge is 0.319 e. The van der Waals surface area contributed by atoms with Crippen molar-refractivity contribution in [2.45, 2.75) is 6.17 Å². The number of nitrogens with zero attached hydrogens (tertiary/aromatic N) is 2. The fraction of sp³-hybridized carbons (Fsp3) is 0.0417. The van der Waals surface area contributed by atoms with Crippen LogP contribution in [0.1, 0.15) is 11.7 Å². The predicted molar refractivity (Wildman–Crippen MR) is 116 cm³/mol. The number of hydrogen-bond acceptors (Lipinski definition) is 3. The standard InChI is InChI=1S/C24H17ClN2O2/c25-18-13-15-19(16-14-18)26-23(22-12-6-8-17-7-4-5-11-21(17)22)27(29-24(26)28)20-9-2-1-3-10-20/h1-16,23H. The zero-order valence-electron chi connectivity index (χ0n) is 15.4. The molecule has 0 spiro atoms. The molecule has 4 aromatic rings. The first kappa shape index (κ1) is 17.6. The Kier molecular flexibility index (Phi) is 4.34. The quantitative estimate of drug-likeness (QED) is 0.390. The number of halogens is 1. The van der Waals surface area contributed by atoms with E-state index in [2.05, 4.69) is 18.2 Å². The molecule has 1 atom stereocenters. The summed E-state index contributed by atoms with van der Waals surface area (Å²) in [5.41, 5.74) is 2.50. The molecule has 5 rings (SSSR count). The summed E-state index contributed by atoms with van der Waals surface area (Å²) >= 11 is 6.07. The molecule has 142 valence electrons. The van der Waals surface area contributed by atoms with E-state index in [1.165, 1.54) is 0 Å². The van der Waals surface area contributed by atoms with E-state index in [4.69, 9.17) is 16.4 Å². The molecule has 0 N–H and O–H groups in total. The summed E-state index contributed by atoms with van der Waals surface area (Å²) in [6.45, 7) is 0. The molecule has 1 aliphatic rings. The Morgan fingerprint density at radius 2 is 1.41 bits per heavy atom. The highest BCUT2D eigenvalue weighted by Gasteiger charge is 2.43. The average Bonchev–Trinajstić information content (AvgIpc) is 3.11.